The van der Waals surface area contributed by atoms with Gasteiger partial charge in [-0.25, -0.2) is 0 Å². The summed E-state index contributed by atoms with van der Waals surface area (Å²) < 4.78 is 45.9. The van der Waals surface area contributed by atoms with E-state index in [-0.39, 0.29) is 12.4 Å². The molecule has 0 saturated carbocycles. The highest BCUT2D eigenvalue weighted by atomic mass is 32.2. The number of hydrogen-bond donors (Lipinski definition) is 1. The molecule has 0 spiro atoms. The minimum atomic E-state index is -4.47. The molecule has 1 aliphatic heterocycles. The quantitative estimate of drug-likeness (QED) is 0.282. The first-order chi connectivity index (χ1) is 14.3. The molecule has 170 valence electrons. The van der Waals surface area contributed by atoms with Crippen molar-refractivity contribution in [2.24, 2.45) is 10.9 Å². The fourth-order valence-electron chi connectivity index (χ4n) is 3.35. The molecule has 1 aromatic carbocycles. The molecule has 0 amide bonds. The summed E-state index contributed by atoms with van der Waals surface area (Å²) in [7, 11) is 0. The Hall–Kier alpha value is -1.41. The van der Waals surface area contributed by atoms with E-state index in [4.69, 9.17) is 4.74 Å². The van der Waals surface area contributed by atoms with Gasteiger partial charge in [0.2, 0.25) is 0 Å². The van der Waals surface area contributed by atoms with Crippen molar-refractivity contribution >= 4 is 22.6 Å². The van der Waals surface area contributed by atoms with E-state index in [1.807, 2.05) is 13.2 Å². The number of alkyl halides is 3. The first-order valence-corrected chi connectivity index (χ1v) is 12.0. The molecule has 1 aliphatic rings. The van der Waals surface area contributed by atoms with Crippen LogP contribution < -0.4 is 10.1 Å². The molecule has 0 radical (unpaired) electrons. The van der Waals surface area contributed by atoms with Gasteiger partial charge < -0.3 is 15.0 Å². The van der Waals surface area contributed by atoms with E-state index in [1.54, 1.807) is 6.07 Å². The SMILES string of the molecule is CCCCCOc1ccc(NC(=NCCN2CCC(C)CC2)SC)cc1C(F)(F)F. The third kappa shape index (κ3) is 8.38. The third-order valence-electron chi connectivity index (χ3n) is 5.28. The summed E-state index contributed by atoms with van der Waals surface area (Å²) in [6, 6.07) is 4.11. The van der Waals surface area contributed by atoms with Gasteiger partial charge in [-0.05, 0) is 62.7 Å². The summed E-state index contributed by atoms with van der Waals surface area (Å²) >= 11 is 1.40. The van der Waals surface area contributed by atoms with Crippen LogP contribution >= 0.6 is 11.8 Å². The molecule has 1 fully saturated rings. The van der Waals surface area contributed by atoms with E-state index >= 15 is 0 Å². The molecule has 0 aliphatic carbocycles. The minimum Gasteiger partial charge on any atom is -0.493 e. The molecule has 0 aromatic heterocycles. The van der Waals surface area contributed by atoms with Gasteiger partial charge in [0.1, 0.15) is 5.75 Å². The molecule has 2 rings (SSSR count). The van der Waals surface area contributed by atoms with Crippen molar-refractivity contribution in [3.05, 3.63) is 23.8 Å². The molecule has 8 heteroatoms. The van der Waals surface area contributed by atoms with Crippen LogP contribution in [0.15, 0.2) is 23.2 Å². The number of amidine groups is 1. The Morgan fingerprint density at radius 1 is 1.27 bits per heavy atom. The monoisotopic (exact) mass is 445 g/mol. The highest BCUT2D eigenvalue weighted by Crippen LogP contribution is 2.38. The van der Waals surface area contributed by atoms with Crippen LogP contribution in [-0.4, -0.2) is 49.1 Å². The second-order valence-electron chi connectivity index (χ2n) is 7.80. The lowest BCUT2D eigenvalue weighted by Crippen LogP contribution is -2.34. The zero-order valence-corrected chi connectivity index (χ0v) is 19.0. The number of rotatable bonds is 9. The molecular weight excluding hydrogens is 411 g/mol. The number of nitrogens with zero attached hydrogens (tertiary/aromatic N) is 2. The van der Waals surface area contributed by atoms with Crippen LogP contribution in [0.2, 0.25) is 0 Å². The van der Waals surface area contributed by atoms with E-state index in [1.165, 1.54) is 30.7 Å². The minimum absolute atomic E-state index is 0.119. The lowest BCUT2D eigenvalue weighted by Gasteiger charge is -2.29. The molecule has 4 nitrogen and oxygen atoms in total. The Labute approximate surface area is 182 Å². The average molecular weight is 446 g/mol. The normalized spacial score (nSPS) is 16.7. The Morgan fingerprint density at radius 3 is 2.63 bits per heavy atom. The van der Waals surface area contributed by atoms with Crippen molar-refractivity contribution in [2.75, 3.05) is 44.4 Å². The van der Waals surface area contributed by atoms with E-state index in [9.17, 15) is 13.2 Å². The lowest BCUT2D eigenvalue weighted by molar-refractivity contribution is -0.138. The Morgan fingerprint density at radius 2 is 2.00 bits per heavy atom. The second-order valence-corrected chi connectivity index (χ2v) is 8.60. The predicted octanol–water partition coefficient (Wildman–Crippen LogP) is 6.14. The number of ether oxygens (including phenoxy) is 1. The van der Waals surface area contributed by atoms with Gasteiger partial charge >= 0.3 is 6.18 Å². The molecule has 1 heterocycles. The van der Waals surface area contributed by atoms with Crippen molar-refractivity contribution in [3.63, 3.8) is 0 Å². The van der Waals surface area contributed by atoms with E-state index in [0.717, 1.165) is 50.9 Å². The number of halogens is 3. The maximum Gasteiger partial charge on any atom is 0.420 e. The van der Waals surface area contributed by atoms with Crippen molar-refractivity contribution in [2.45, 2.75) is 52.1 Å². The highest BCUT2D eigenvalue weighted by Gasteiger charge is 2.34. The van der Waals surface area contributed by atoms with Gasteiger partial charge in [-0.15, -0.1) is 0 Å². The smallest absolute Gasteiger partial charge is 0.420 e. The number of piperidine rings is 1. The zero-order valence-electron chi connectivity index (χ0n) is 18.2. The number of benzene rings is 1. The van der Waals surface area contributed by atoms with Crippen LogP contribution in [0, 0.1) is 5.92 Å². The predicted molar refractivity (Wildman–Crippen MR) is 121 cm³/mol. The fourth-order valence-corrected chi connectivity index (χ4v) is 3.79. The lowest BCUT2D eigenvalue weighted by atomic mass is 9.99. The zero-order chi connectivity index (χ0) is 22.0. The molecule has 0 bridgehead atoms. The summed E-state index contributed by atoms with van der Waals surface area (Å²) in [5, 5.41) is 3.64. The first-order valence-electron chi connectivity index (χ1n) is 10.7. The van der Waals surface area contributed by atoms with E-state index in [2.05, 4.69) is 22.1 Å². The fraction of sp³-hybridized carbons (Fsp3) is 0.682. The van der Waals surface area contributed by atoms with Crippen LogP contribution in [-0.2, 0) is 6.18 Å². The van der Waals surface area contributed by atoms with Crippen LogP contribution in [0.25, 0.3) is 0 Å². The van der Waals surface area contributed by atoms with Crippen molar-refractivity contribution in [1.29, 1.82) is 0 Å². The Kier molecular flexibility index (Phi) is 10.3. The van der Waals surface area contributed by atoms with Crippen LogP contribution in [0.5, 0.6) is 5.75 Å². The van der Waals surface area contributed by atoms with Gasteiger partial charge in [0, 0.05) is 12.2 Å². The molecule has 1 N–H and O–H groups in total. The number of aliphatic imine (C=N–C) groups is 1. The topological polar surface area (TPSA) is 36.9 Å². The summed E-state index contributed by atoms with van der Waals surface area (Å²) in [6.07, 6.45) is 2.49. The number of anilines is 1. The van der Waals surface area contributed by atoms with Gasteiger partial charge in [-0.1, -0.05) is 38.5 Å². The van der Waals surface area contributed by atoms with Gasteiger partial charge in [0.25, 0.3) is 0 Å². The molecule has 1 saturated heterocycles. The van der Waals surface area contributed by atoms with Gasteiger partial charge in [-0.2, -0.15) is 13.2 Å². The van der Waals surface area contributed by atoms with Crippen LogP contribution in [0.1, 0.15) is 51.5 Å². The van der Waals surface area contributed by atoms with Gasteiger partial charge in [0.05, 0.1) is 18.7 Å². The molecule has 1 aromatic rings. The van der Waals surface area contributed by atoms with E-state index in [0.29, 0.717) is 17.4 Å². The van der Waals surface area contributed by atoms with Crippen LogP contribution in [0.3, 0.4) is 0 Å². The van der Waals surface area contributed by atoms with Gasteiger partial charge in [0.15, 0.2) is 5.17 Å². The van der Waals surface area contributed by atoms with Crippen molar-refractivity contribution < 1.29 is 17.9 Å². The summed E-state index contributed by atoms with van der Waals surface area (Å²) in [4.78, 5) is 6.95. The number of unbranched alkanes of at least 4 members (excludes halogenated alkanes) is 2. The summed E-state index contributed by atoms with van der Waals surface area (Å²) in [5.41, 5.74) is -0.394. The molecule has 30 heavy (non-hydrogen) atoms. The summed E-state index contributed by atoms with van der Waals surface area (Å²) in [5.74, 6) is 0.667. The summed E-state index contributed by atoms with van der Waals surface area (Å²) in [6.45, 7) is 8.29. The van der Waals surface area contributed by atoms with E-state index < -0.39 is 11.7 Å². The number of nitrogens with one attached hydrogen (secondary N) is 1. The largest absolute Gasteiger partial charge is 0.493 e. The van der Waals surface area contributed by atoms with Crippen molar-refractivity contribution in [3.8, 4) is 5.75 Å². The van der Waals surface area contributed by atoms with Crippen molar-refractivity contribution in [1.82, 2.24) is 4.90 Å². The Bertz CT molecular complexity index is 674. The average Bonchev–Trinajstić information content (AvgIpc) is 2.72. The third-order valence-corrected chi connectivity index (χ3v) is 5.90. The number of thioether (sulfide) groups is 1. The maximum atomic E-state index is 13.5. The van der Waals surface area contributed by atoms with Crippen LogP contribution in [0.4, 0.5) is 18.9 Å². The molecule has 0 unspecified atom stereocenters. The second kappa shape index (κ2) is 12.4. The maximum absolute atomic E-state index is 13.5. The van der Waals surface area contributed by atoms with Gasteiger partial charge in [-0.3, -0.25) is 4.99 Å². The molecule has 0 atom stereocenters. The Balaban J connectivity index is 1.98. The number of hydrogen-bond acceptors (Lipinski definition) is 4. The molecular formula is C22H34F3N3OS. The number of likely N-dealkylation sites (tertiary alicyclic amines) is 1. The standard InChI is InChI=1S/C22H34F3N3OS/c1-4-5-6-15-29-20-8-7-18(16-19(20)22(23,24)25)27-21(30-3)26-11-14-28-12-9-17(2)10-13-28/h7-8,16-17H,4-6,9-15H2,1-3H3,(H,26,27). The highest BCUT2D eigenvalue weighted by molar-refractivity contribution is 8.13. The first kappa shape index (κ1) is 24.9.